The average Bonchev–Trinajstić information content (AvgIpc) is 2.92. The van der Waals surface area contributed by atoms with Gasteiger partial charge in [0.25, 0.3) is 0 Å². The monoisotopic (exact) mass is 433 g/mol. The second-order valence-electron chi connectivity index (χ2n) is 7.09. The zero-order valence-corrected chi connectivity index (χ0v) is 16.6. The molecule has 0 unspecified atom stereocenters. The molecule has 138 valence electrons. The normalized spacial score (nSPS) is 30.9. The summed E-state index contributed by atoms with van der Waals surface area (Å²) in [5.41, 5.74) is -0.837. The summed E-state index contributed by atoms with van der Waals surface area (Å²) in [4.78, 5) is 15.9. The second-order valence-corrected chi connectivity index (χ2v) is 11.4. The molecule has 0 spiro atoms. The number of benzene rings is 1. The van der Waals surface area contributed by atoms with Crippen LogP contribution in [0.4, 0.5) is 9.18 Å². The number of fused-ring (bicyclic) bond motifs is 1. The summed E-state index contributed by atoms with van der Waals surface area (Å²) >= 11 is 3.34. The number of thiol groups is 1. The number of hydrogen-bond donors (Lipinski definition) is 4. The lowest BCUT2D eigenvalue weighted by Gasteiger charge is -2.51. The highest BCUT2D eigenvalue weighted by Gasteiger charge is 2.59. The van der Waals surface area contributed by atoms with E-state index in [0.29, 0.717) is 23.0 Å². The number of halogens is 2. The molecule has 3 rings (SSSR count). The zero-order chi connectivity index (χ0) is 18.6. The lowest BCUT2D eigenvalue weighted by atomic mass is 9.86. The van der Waals surface area contributed by atoms with E-state index < -0.39 is 37.6 Å². The summed E-state index contributed by atoms with van der Waals surface area (Å²) in [6, 6.07) is 4.54. The topological polar surface area (TPSA) is 90.8 Å². The summed E-state index contributed by atoms with van der Waals surface area (Å²) < 4.78 is 31.3. The highest BCUT2D eigenvalue weighted by atomic mass is 79.9. The Morgan fingerprint density at radius 2 is 2.16 bits per heavy atom. The largest absolute Gasteiger partial charge is 0.465 e. The Hall–Kier alpha value is -1.32. The van der Waals surface area contributed by atoms with Gasteiger partial charge >= 0.3 is 6.09 Å². The van der Waals surface area contributed by atoms with E-state index in [1.165, 1.54) is 6.07 Å². The van der Waals surface area contributed by atoms with Crippen LogP contribution >= 0.6 is 15.9 Å². The highest BCUT2D eigenvalue weighted by molar-refractivity contribution is 9.10. The Balaban J connectivity index is 2.29. The first-order valence-corrected chi connectivity index (χ1v) is 10.5. The molecule has 6 nitrogen and oxygen atoms in total. The second kappa shape index (κ2) is 5.85. The van der Waals surface area contributed by atoms with Gasteiger partial charge < -0.3 is 5.11 Å². The molecular formula is C16H21BrFN3O3S. The van der Waals surface area contributed by atoms with E-state index in [0.717, 1.165) is 0 Å². The van der Waals surface area contributed by atoms with Gasteiger partial charge in [-0.15, -0.1) is 0 Å². The number of nitrogens with one attached hydrogen (secondary N) is 2. The molecule has 0 radical (unpaired) electrons. The minimum atomic E-state index is -3.10. The quantitative estimate of drug-likeness (QED) is 0.512. The molecule has 25 heavy (non-hydrogen) atoms. The first-order chi connectivity index (χ1) is 11.5. The molecule has 0 aromatic heterocycles. The summed E-state index contributed by atoms with van der Waals surface area (Å²) in [6.07, 6.45) is -0.708. The average molecular weight is 434 g/mol. The fraction of sp³-hybridized carbons (Fsp3) is 0.500. The number of carboxylic acid groups (broad SMARTS) is 1. The molecular weight excluding hydrogens is 413 g/mol. The lowest BCUT2D eigenvalue weighted by Crippen LogP contribution is -2.65. The van der Waals surface area contributed by atoms with E-state index in [-0.39, 0.29) is 5.84 Å². The third-order valence-corrected chi connectivity index (χ3v) is 10.0. The Bertz CT molecular complexity index is 829. The summed E-state index contributed by atoms with van der Waals surface area (Å²) in [6.45, 7) is 5.67. The summed E-state index contributed by atoms with van der Waals surface area (Å²) in [5, 5.41) is 11.0. The minimum absolute atomic E-state index is 0.0934. The molecule has 1 aromatic carbocycles. The molecule has 1 amide bonds. The maximum absolute atomic E-state index is 14.6. The van der Waals surface area contributed by atoms with Gasteiger partial charge in [-0.1, -0.05) is 15.9 Å². The van der Waals surface area contributed by atoms with Crippen molar-refractivity contribution >= 4 is 38.0 Å². The van der Waals surface area contributed by atoms with Crippen molar-refractivity contribution in [3.05, 3.63) is 34.1 Å². The predicted octanol–water partition coefficient (Wildman–Crippen LogP) is 2.56. The minimum Gasteiger partial charge on any atom is -0.465 e. The van der Waals surface area contributed by atoms with Gasteiger partial charge in [0.1, 0.15) is 17.2 Å². The van der Waals surface area contributed by atoms with E-state index in [2.05, 4.69) is 31.0 Å². The van der Waals surface area contributed by atoms with Crippen molar-refractivity contribution in [2.24, 2.45) is 4.99 Å². The van der Waals surface area contributed by atoms with Crippen LogP contribution in [0.3, 0.4) is 0 Å². The number of hydrogen-bond acceptors (Lipinski definition) is 3. The molecule has 0 aliphatic carbocycles. The van der Waals surface area contributed by atoms with Crippen molar-refractivity contribution in [3.63, 3.8) is 0 Å². The maximum atomic E-state index is 14.6. The Morgan fingerprint density at radius 3 is 2.80 bits per heavy atom. The molecule has 2 atom stereocenters. The van der Waals surface area contributed by atoms with Gasteiger partial charge in [0.2, 0.25) is 0 Å². The molecule has 9 heteroatoms. The maximum Gasteiger partial charge on any atom is 0.410 e. The number of amides is 1. The molecule has 1 aromatic rings. The fourth-order valence-corrected chi connectivity index (χ4v) is 7.93. The first kappa shape index (κ1) is 18.5. The van der Waals surface area contributed by atoms with E-state index >= 15 is 0 Å². The standard InChI is InChI=1S/C16H21BrFN3O3S/c1-15(2)13(20-14(22)23)21-16(3,12-6-7-19-25(12,15)24)10-8-9(17)4-5-11(10)18/h4-5,8,12,25H,6-7H2,1-3H3,(H,19,24)(H,20,21)(H,22,23)/t12-,16-/m1/s1. The molecule has 1 fully saturated rings. The Labute approximate surface area is 155 Å². The van der Waals surface area contributed by atoms with Crippen LogP contribution in [-0.4, -0.2) is 37.8 Å². The van der Waals surface area contributed by atoms with E-state index in [4.69, 9.17) is 0 Å². The van der Waals surface area contributed by atoms with Crippen molar-refractivity contribution < 1.29 is 18.5 Å². The first-order valence-electron chi connectivity index (χ1n) is 7.93. The van der Waals surface area contributed by atoms with Crippen molar-refractivity contribution in [1.29, 1.82) is 0 Å². The van der Waals surface area contributed by atoms with Crippen LogP contribution in [0.25, 0.3) is 0 Å². The fourth-order valence-electron chi connectivity index (χ4n) is 3.89. The van der Waals surface area contributed by atoms with Gasteiger partial charge in [-0.05, 0) is 55.5 Å². The van der Waals surface area contributed by atoms with E-state index in [1.807, 2.05) is 0 Å². The van der Waals surface area contributed by atoms with Crippen molar-refractivity contribution in [3.8, 4) is 0 Å². The van der Waals surface area contributed by atoms with Crippen LogP contribution in [-0.2, 0) is 15.7 Å². The van der Waals surface area contributed by atoms with Gasteiger partial charge in [0.15, 0.2) is 0 Å². The molecule has 3 N–H and O–H groups in total. The number of nitrogens with zero attached hydrogens (tertiary/aromatic N) is 1. The number of amidine groups is 1. The third-order valence-electron chi connectivity index (χ3n) is 5.31. The Morgan fingerprint density at radius 1 is 1.48 bits per heavy atom. The SMILES string of the molecule is CC1(C)C(NC(=O)O)=N[C@](C)(c2cc(Br)ccc2F)[C@H]2CCN[SH]21=O. The van der Waals surface area contributed by atoms with Gasteiger partial charge in [-0.25, -0.2) is 9.18 Å². The zero-order valence-electron chi connectivity index (χ0n) is 14.1. The highest BCUT2D eigenvalue weighted by Crippen LogP contribution is 2.49. The van der Waals surface area contributed by atoms with Crippen LogP contribution in [0.15, 0.2) is 27.7 Å². The van der Waals surface area contributed by atoms with Crippen molar-refractivity contribution in [1.82, 2.24) is 10.0 Å². The van der Waals surface area contributed by atoms with Gasteiger partial charge in [-0.3, -0.25) is 19.2 Å². The molecule has 0 bridgehead atoms. The molecule has 2 heterocycles. The number of carbonyl (C=O) groups is 1. The van der Waals surface area contributed by atoms with Crippen LogP contribution in [0.5, 0.6) is 0 Å². The molecule has 2 aliphatic rings. The van der Waals surface area contributed by atoms with Gasteiger partial charge in [-0.2, -0.15) is 0 Å². The lowest BCUT2D eigenvalue weighted by molar-refractivity contribution is 0.199. The van der Waals surface area contributed by atoms with E-state index in [1.54, 1.807) is 32.9 Å². The Kier molecular flexibility index (Phi) is 4.32. The van der Waals surface area contributed by atoms with Crippen molar-refractivity contribution in [2.45, 2.75) is 42.7 Å². The third kappa shape index (κ3) is 2.63. The number of aliphatic imine (C=N–C) groups is 1. The van der Waals surface area contributed by atoms with Crippen molar-refractivity contribution in [2.75, 3.05) is 6.54 Å². The van der Waals surface area contributed by atoms with Gasteiger partial charge in [0.05, 0.1) is 10.00 Å². The predicted molar refractivity (Wildman–Crippen MR) is 100 cm³/mol. The molecule has 0 saturated carbocycles. The van der Waals surface area contributed by atoms with Gasteiger partial charge in [0, 0.05) is 16.6 Å². The molecule has 1 saturated heterocycles. The molecule has 2 aliphatic heterocycles. The summed E-state index contributed by atoms with van der Waals surface area (Å²) in [7, 11) is -3.10. The number of rotatable bonds is 1. The smallest absolute Gasteiger partial charge is 0.410 e. The van der Waals surface area contributed by atoms with Crippen LogP contribution in [0.1, 0.15) is 32.8 Å². The van der Waals surface area contributed by atoms with Crippen LogP contribution < -0.4 is 10.0 Å². The summed E-state index contributed by atoms with van der Waals surface area (Å²) in [5.74, 6) is -0.363. The van der Waals surface area contributed by atoms with Crippen LogP contribution in [0.2, 0.25) is 0 Å². The van der Waals surface area contributed by atoms with E-state index in [9.17, 15) is 18.5 Å². The van der Waals surface area contributed by atoms with Crippen LogP contribution in [0, 0.1) is 5.82 Å².